The molecule has 592 valence electrons. The molecule has 1 saturated heterocycles. The minimum absolute atomic E-state index is 0. The molecule has 0 unspecified atom stereocenters. The molecule has 0 aliphatic carbocycles. The Hall–Kier alpha value is -0.490. The first-order valence-electron chi connectivity index (χ1n) is 24.8. The molecule has 5 aromatic rings. The molecule has 56 nitrogen and oxygen atoms in total. The Morgan fingerprint density at radius 3 is 0.590 bits per heavy atom. The molecule has 0 saturated carbocycles. The van der Waals surface area contributed by atoms with Crippen molar-refractivity contribution in [2.24, 2.45) is 0 Å². The Kier molecular flexibility index (Phi) is 51.9. The first-order valence-corrected chi connectivity index (χ1v) is 38.2. The quantitative estimate of drug-likeness (QED) is 0.00904. The van der Waals surface area contributed by atoms with E-state index in [-0.39, 0.29) is 356 Å². The van der Waals surface area contributed by atoms with E-state index in [1.165, 1.54) is 0 Å². The van der Waals surface area contributed by atoms with Gasteiger partial charge in [-0.15, -0.1) is 0 Å². The molecule has 0 spiro atoms. The zero-order valence-electron chi connectivity index (χ0n) is 59.0. The Labute approximate surface area is 876 Å². The van der Waals surface area contributed by atoms with Crippen molar-refractivity contribution < 1.29 is 545 Å². The Morgan fingerprint density at radius 1 is 0.256 bits per heavy atom. The maximum Gasteiger partial charge on any atom is 1.00 e. The molecule has 1 heterocycles. The first kappa shape index (κ1) is 125. The molecule has 5 aromatic carbocycles. The molecule has 1 aliphatic rings. The number of carbonyl (C=O) groups excluding carboxylic acids is 5. The fraction of sp³-hybridized carbons (Fsp3) is 0.146. The molecule has 117 heavy (non-hydrogen) atoms. The van der Waals surface area contributed by atoms with E-state index in [4.69, 9.17) is 28.4 Å². The summed E-state index contributed by atoms with van der Waals surface area (Å²) in [5, 5.41) is 52.8. The Bertz CT molecular complexity index is 5470. The summed E-state index contributed by atoms with van der Waals surface area (Å²) in [6.07, 6.45) is -18.0. The third-order valence-electron chi connectivity index (χ3n) is 11.2. The Morgan fingerprint density at radius 2 is 0.410 bits per heavy atom. The van der Waals surface area contributed by atoms with Gasteiger partial charge in [0.15, 0.2) is 69.7 Å². The molecule has 0 radical (unpaired) electrons. The molecule has 0 aromatic heterocycles. The van der Waals surface area contributed by atoms with E-state index in [0.717, 1.165) is 0 Å². The fourth-order valence-electron chi connectivity index (χ4n) is 7.73. The topological polar surface area (TPSA) is 906 Å². The molecule has 0 bridgehead atoms. The van der Waals surface area contributed by atoms with Crippen LogP contribution in [0.1, 0.15) is 51.8 Å². The van der Waals surface area contributed by atoms with Crippen molar-refractivity contribution in [3.63, 3.8) is 0 Å². The summed E-state index contributed by atoms with van der Waals surface area (Å²) < 4.78 is 423. The van der Waals surface area contributed by atoms with E-state index < -0.39 is 285 Å². The van der Waals surface area contributed by atoms with Crippen LogP contribution < -0.4 is 337 Å². The van der Waals surface area contributed by atoms with Crippen LogP contribution in [0.4, 0.5) is 0 Å². The third-order valence-corrected chi connectivity index (χ3v) is 15.1. The predicted octanol–water partition coefficient (Wildman–Crippen LogP) is -36.9. The smallest absolute Gasteiger partial charge is 0.716 e. The van der Waals surface area contributed by atoms with Crippen LogP contribution in [0.3, 0.4) is 0 Å². The minimum atomic E-state index is -6.38. The second kappa shape index (κ2) is 48.6. The maximum absolute atomic E-state index is 14.8. The van der Waals surface area contributed by atoms with Gasteiger partial charge in [0, 0.05) is 60.7 Å². The summed E-state index contributed by atoms with van der Waals surface area (Å²) in [5.74, 6) is -43.2. The average molecular weight is 1960 g/mol. The fourth-order valence-corrected chi connectivity index (χ4v) is 11.2. The van der Waals surface area contributed by atoms with Crippen LogP contribution in [0.2, 0.25) is 0 Å². The standard InChI is InChI=1S/C41H32O56S10.10Na/c42-28-17(88-98(52,53)54)1-12(2-18(28)89-99(55,56)57)36(47)82-11-27-33(84-37(48)13-3-19(90-100(58,59)60)29(43)20(4-13)91-101(61,62)63)34(85-38(49)14-5-21(92-102(64,65)66)30(44)22(6-14)93-103(67,68)69)35(86-39(50)15-7-23(94-104(70,71)72)31(45)24(8-15)95-105(73,74)75)41(83-27)87-40(51)16-9-25(96-106(76,77)78)32(46)26(10-16)97-107(79,80)81;;;;;;;;;;/h1-10,27,33-35,41-46H,11H2,(H,52,53,54)(H,55,56,57)(H,58,59,60)(H,61,62,63)(H,64,65,66)(H,67,68,69)(H,70,71,72)(H,73,74,75)(H,76,77,78)(H,79,80,81);;;;;;;;;;/q;10*+1/p-10/t27-,33-,34+,35-,41+;;;;;;;;;;/m1........../s1. The summed E-state index contributed by atoms with van der Waals surface area (Å²) >= 11 is 0. The van der Waals surface area contributed by atoms with Crippen LogP contribution in [0.5, 0.6) is 86.2 Å². The van der Waals surface area contributed by atoms with Gasteiger partial charge in [-0.25, -0.2) is 108 Å². The molecule has 1 fully saturated rings. The summed E-state index contributed by atoms with van der Waals surface area (Å²) in [7, 11) is -63.3. The Balaban J connectivity index is -0.00000418. The van der Waals surface area contributed by atoms with Crippen molar-refractivity contribution in [2.45, 2.75) is 30.7 Å². The van der Waals surface area contributed by atoms with Crippen LogP contribution >= 0.6 is 0 Å². The monoisotopic (exact) mass is 1960 g/mol. The van der Waals surface area contributed by atoms with Gasteiger partial charge in [-0.3, -0.25) is 0 Å². The summed E-state index contributed by atoms with van der Waals surface area (Å²) in [6, 6.07) is -2.36. The zero-order valence-corrected chi connectivity index (χ0v) is 87.2. The van der Waals surface area contributed by atoms with E-state index in [2.05, 4.69) is 41.8 Å². The van der Waals surface area contributed by atoms with Crippen molar-refractivity contribution in [1.29, 1.82) is 0 Å². The third kappa shape index (κ3) is 41.0. The van der Waals surface area contributed by atoms with Gasteiger partial charge in [0.2, 0.25) is 41.1 Å². The molecule has 6 rings (SSSR count). The van der Waals surface area contributed by atoms with Crippen LogP contribution in [0, 0.1) is 0 Å². The largest absolute Gasteiger partial charge is 1.00 e. The number of phenolic OH excluding ortho intramolecular Hbond substituents is 5. The van der Waals surface area contributed by atoms with E-state index in [9.17, 15) is 179 Å². The van der Waals surface area contributed by atoms with Gasteiger partial charge in [-0.1, -0.05) is 0 Å². The number of aromatic hydroxyl groups is 5. The molecule has 76 heteroatoms. The number of ether oxygens (including phenoxy) is 6. The molecule has 5 atom stereocenters. The minimum Gasteiger partial charge on any atom is -0.716 e. The van der Waals surface area contributed by atoms with Crippen LogP contribution in [-0.2, 0) is 132 Å². The van der Waals surface area contributed by atoms with Gasteiger partial charge in [0.1, 0.15) is 12.7 Å². The number of carbonyl (C=O) groups is 5. The van der Waals surface area contributed by atoms with E-state index in [0.29, 0.717) is 0 Å². The maximum atomic E-state index is 14.8. The average Bonchev–Trinajstić information content (AvgIpc) is 0.761. The predicted molar refractivity (Wildman–Crippen MR) is 296 cm³/mol. The number of esters is 5. The molecule has 1 aliphatic heterocycles. The molecule has 0 amide bonds. The molecule has 5 N–H and O–H groups in total. The molecular weight excluding hydrogens is 1940 g/mol. The second-order valence-corrected chi connectivity index (χ2v) is 28.5. The van der Waals surface area contributed by atoms with Crippen molar-refractivity contribution in [1.82, 2.24) is 0 Å². The van der Waals surface area contributed by atoms with Crippen molar-refractivity contribution in [2.75, 3.05) is 6.61 Å². The molecular formula is C41H22Na10O56S10. The summed E-state index contributed by atoms with van der Waals surface area (Å²) in [4.78, 5) is 72.5. The number of hydrogen-bond donors (Lipinski definition) is 5. The normalized spacial score (nSPS) is 15.4. The zero-order chi connectivity index (χ0) is 81.4. The number of hydrogen-bond acceptors (Lipinski definition) is 56. The van der Waals surface area contributed by atoms with Crippen molar-refractivity contribution >= 4 is 134 Å². The van der Waals surface area contributed by atoms with Gasteiger partial charge in [0.25, 0.3) is 104 Å². The van der Waals surface area contributed by atoms with Gasteiger partial charge >= 0.3 is 325 Å². The van der Waals surface area contributed by atoms with E-state index in [1.54, 1.807) is 0 Å². The van der Waals surface area contributed by atoms with E-state index >= 15 is 0 Å². The van der Waals surface area contributed by atoms with Crippen LogP contribution in [-0.4, -0.2) is 222 Å². The SMILES string of the molecule is O=C(OC[C@H]1O[C@@H](OC(=O)c2cc(OS(=O)(=O)[O-])c(O)c(OS(=O)(=O)[O-])c2)[C@H](OC(=O)c2cc(OS(=O)(=O)[O-])c(O)c(OS(=O)(=O)[O-])c2)[C@@H](OC(=O)c2cc(OS(=O)(=O)[O-])c(O)c(OS(=O)(=O)[O-])c2)[C@@H]1OC(=O)c1cc(OS(=O)(=O)[O-])c(O)c(OS(=O)(=O)[O-])c1)c1cc(OS(=O)(=O)[O-])c(O)c(OS(=O)(=O)[O-])c1.[Na+].[Na+].[Na+].[Na+].[Na+].[Na+].[Na+].[Na+].[Na+].[Na+]. The summed E-state index contributed by atoms with van der Waals surface area (Å²) in [6.45, 7) is -2.23. The van der Waals surface area contributed by atoms with Crippen LogP contribution in [0.25, 0.3) is 0 Å². The van der Waals surface area contributed by atoms with Crippen LogP contribution in [0.15, 0.2) is 60.7 Å². The van der Waals surface area contributed by atoms with E-state index in [1.807, 2.05) is 0 Å². The number of rotatable bonds is 31. The van der Waals surface area contributed by atoms with Gasteiger partial charge in [0.05, 0.1) is 27.8 Å². The number of phenols is 5. The van der Waals surface area contributed by atoms with Gasteiger partial charge in [-0.05, 0) is 0 Å². The second-order valence-electron chi connectivity index (χ2n) is 18.7. The number of benzene rings is 5. The first-order chi connectivity index (χ1) is 48.3. The van der Waals surface area contributed by atoms with Crippen molar-refractivity contribution in [3.8, 4) is 86.2 Å². The van der Waals surface area contributed by atoms with Crippen molar-refractivity contribution in [3.05, 3.63) is 88.5 Å². The van der Waals surface area contributed by atoms with Gasteiger partial charge < -0.3 is 141 Å². The van der Waals surface area contributed by atoms with Gasteiger partial charge in [-0.2, -0.15) is 0 Å². The summed E-state index contributed by atoms with van der Waals surface area (Å²) in [5.41, 5.74) is -8.82.